The minimum atomic E-state index is -1.23. The molecule has 0 spiro atoms. The molecule has 4 nitrogen and oxygen atoms in total. The Balaban J connectivity index is 2.99. The van der Waals surface area contributed by atoms with Gasteiger partial charge in [-0.25, -0.2) is 0 Å². The maximum Gasteiger partial charge on any atom is 0.311 e. The van der Waals surface area contributed by atoms with Gasteiger partial charge in [0.25, 0.3) is 0 Å². The number of aromatic nitrogens is 1. The molecule has 0 amide bonds. The number of rotatable bonds is 6. The van der Waals surface area contributed by atoms with Gasteiger partial charge in [-0.15, -0.1) is 0 Å². The van der Waals surface area contributed by atoms with Gasteiger partial charge in [0.05, 0.1) is 13.0 Å². The number of carbonyl (C=O) groups is 1. The predicted octanol–water partition coefficient (Wildman–Crippen LogP) is 2.27. The summed E-state index contributed by atoms with van der Waals surface area (Å²) in [6.45, 7) is 3.70. The van der Waals surface area contributed by atoms with Gasteiger partial charge in [0.15, 0.2) is 0 Å². The Hall–Kier alpha value is -1.42. The predicted molar refractivity (Wildman–Crippen MR) is 68.8 cm³/mol. The van der Waals surface area contributed by atoms with Crippen molar-refractivity contribution in [1.82, 2.24) is 4.98 Å². The summed E-state index contributed by atoms with van der Waals surface area (Å²) in [4.78, 5) is 15.8. The third kappa shape index (κ3) is 3.29. The summed E-state index contributed by atoms with van der Waals surface area (Å²) in [5, 5.41) is 10.6. The minimum absolute atomic E-state index is 0.370. The number of nitrogens with zero attached hydrogens (tertiary/aromatic N) is 1. The zero-order valence-corrected chi connectivity index (χ0v) is 11.2. The van der Waals surface area contributed by atoms with Crippen LogP contribution in [0.3, 0.4) is 0 Å². The van der Waals surface area contributed by atoms with Crippen LogP contribution in [0.2, 0.25) is 0 Å². The van der Waals surface area contributed by atoms with Gasteiger partial charge in [0, 0.05) is 12.4 Å². The average Bonchev–Trinajstić information content (AvgIpc) is 2.39. The second-order valence-electron chi connectivity index (χ2n) is 4.60. The molecule has 1 N–H and O–H groups in total. The lowest BCUT2D eigenvalue weighted by molar-refractivity contribution is -0.156. The number of unbranched alkanes of at least 4 members (excludes halogenated alkanes) is 1. The molecule has 2 atom stereocenters. The van der Waals surface area contributed by atoms with Crippen molar-refractivity contribution in [1.29, 1.82) is 0 Å². The van der Waals surface area contributed by atoms with Crippen LogP contribution in [0.25, 0.3) is 0 Å². The van der Waals surface area contributed by atoms with Crippen LogP contribution >= 0.6 is 0 Å². The van der Waals surface area contributed by atoms with E-state index in [1.807, 2.05) is 0 Å². The Kier molecular flexibility index (Phi) is 5.28. The van der Waals surface area contributed by atoms with Crippen LogP contribution in [0.15, 0.2) is 24.5 Å². The Labute approximate surface area is 108 Å². The Morgan fingerprint density at radius 2 is 2.11 bits per heavy atom. The highest BCUT2D eigenvalue weighted by molar-refractivity contribution is 5.74. The van der Waals surface area contributed by atoms with E-state index >= 15 is 0 Å². The average molecular weight is 251 g/mol. The first-order valence-electron chi connectivity index (χ1n) is 6.24. The summed E-state index contributed by atoms with van der Waals surface area (Å²) in [5.74, 6) is -0.921. The normalized spacial score (nSPS) is 15.8. The quantitative estimate of drug-likeness (QED) is 0.788. The second kappa shape index (κ2) is 6.50. The first-order chi connectivity index (χ1) is 8.54. The highest BCUT2D eigenvalue weighted by atomic mass is 16.5. The number of ether oxygens (including phenoxy) is 1. The van der Waals surface area contributed by atoms with Gasteiger partial charge in [-0.2, -0.15) is 0 Å². The zero-order valence-electron chi connectivity index (χ0n) is 11.2. The topological polar surface area (TPSA) is 59.4 Å². The zero-order chi connectivity index (χ0) is 13.6. The van der Waals surface area contributed by atoms with E-state index < -0.39 is 11.5 Å². The van der Waals surface area contributed by atoms with Gasteiger partial charge in [-0.05, 0) is 31.0 Å². The summed E-state index contributed by atoms with van der Waals surface area (Å²) >= 11 is 0. The van der Waals surface area contributed by atoms with Crippen molar-refractivity contribution in [3.63, 3.8) is 0 Å². The summed E-state index contributed by atoms with van der Waals surface area (Å²) in [6, 6.07) is 3.45. The van der Waals surface area contributed by atoms with Crippen LogP contribution in [-0.4, -0.2) is 23.2 Å². The molecular weight excluding hydrogens is 230 g/mol. The minimum Gasteiger partial charge on any atom is -0.469 e. The summed E-state index contributed by atoms with van der Waals surface area (Å²) in [6.07, 6.45) is 5.68. The molecule has 0 aliphatic rings. The number of hydrogen-bond acceptors (Lipinski definition) is 4. The summed E-state index contributed by atoms with van der Waals surface area (Å²) < 4.78 is 4.80. The van der Waals surface area contributed by atoms with Gasteiger partial charge < -0.3 is 9.84 Å². The lowest BCUT2D eigenvalue weighted by atomic mass is 9.80. The van der Waals surface area contributed by atoms with Crippen LogP contribution in [0, 0.1) is 5.92 Å². The molecule has 0 aliphatic heterocycles. The molecule has 1 aromatic heterocycles. The fourth-order valence-electron chi connectivity index (χ4n) is 2.07. The lowest BCUT2D eigenvalue weighted by Crippen LogP contribution is -2.38. The number of hydrogen-bond donors (Lipinski definition) is 1. The van der Waals surface area contributed by atoms with Crippen molar-refractivity contribution in [2.24, 2.45) is 5.92 Å². The van der Waals surface area contributed by atoms with Crippen molar-refractivity contribution in [3.05, 3.63) is 30.1 Å². The second-order valence-corrected chi connectivity index (χ2v) is 4.60. The van der Waals surface area contributed by atoms with Crippen molar-refractivity contribution >= 4 is 5.97 Å². The molecule has 4 heteroatoms. The number of carbonyl (C=O) groups excluding carboxylic acids is 1. The monoisotopic (exact) mass is 251 g/mol. The van der Waals surface area contributed by atoms with E-state index in [1.54, 1.807) is 31.5 Å². The largest absolute Gasteiger partial charge is 0.469 e. The van der Waals surface area contributed by atoms with Gasteiger partial charge in [-0.3, -0.25) is 9.78 Å². The van der Waals surface area contributed by atoms with Gasteiger partial charge in [-0.1, -0.05) is 19.8 Å². The van der Waals surface area contributed by atoms with Gasteiger partial charge in [0.1, 0.15) is 5.60 Å². The third-order valence-electron chi connectivity index (χ3n) is 3.28. The highest BCUT2D eigenvalue weighted by Crippen LogP contribution is 2.33. The van der Waals surface area contributed by atoms with Gasteiger partial charge in [0.2, 0.25) is 0 Å². The molecule has 0 aromatic carbocycles. The van der Waals surface area contributed by atoms with Gasteiger partial charge >= 0.3 is 5.97 Å². The van der Waals surface area contributed by atoms with Crippen LogP contribution in [-0.2, 0) is 15.1 Å². The van der Waals surface area contributed by atoms with Crippen LogP contribution in [0.4, 0.5) is 0 Å². The van der Waals surface area contributed by atoms with Crippen molar-refractivity contribution in [2.45, 2.75) is 38.7 Å². The molecule has 2 unspecified atom stereocenters. The lowest BCUT2D eigenvalue weighted by Gasteiger charge is -2.31. The van der Waals surface area contributed by atoms with Crippen LogP contribution in [0.5, 0.6) is 0 Å². The third-order valence-corrected chi connectivity index (χ3v) is 3.28. The number of methoxy groups -OCH3 is 1. The van der Waals surface area contributed by atoms with Crippen molar-refractivity contribution < 1.29 is 14.6 Å². The SMILES string of the molecule is CCCCC(C(=O)OC)C(C)(O)c1ccncc1. The molecule has 18 heavy (non-hydrogen) atoms. The molecule has 1 rings (SSSR count). The maximum atomic E-state index is 11.8. The molecule has 0 saturated carbocycles. The van der Waals surface area contributed by atoms with E-state index in [0.29, 0.717) is 12.0 Å². The van der Waals surface area contributed by atoms with E-state index in [1.165, 1.54) is 7.11 Å². The number of esters is 1. The van der Waals surface area contributed by atoms with Crippen LogP contribution < -0.4 is 0 Å². The van der Waals surface area contributed by atoms with E-state index in [9.17, 15) is 9.90 Å². The van der Waals surface area contributed by atoms with E-state index in [-0.39, 0.29) is 5.97 Å². The molecule has 100 valence electrons. The maximum absolute atomic E-state index is 11.8. The Morgan fingerprint density at radius 3 is 2.61 bits per heavy atom. The highest BCUT2D eigenvalue weighted by Gasteiger charge is 2.39. The summed E-state index contributed by atoms with van der Waals surface area (Å²) in [5.41, 5.74) is -0.547. The molecule has 0 saturated heterocycles. The first-order valence-corrected chi connectivity index (χ1v) is 6.24. The molecule has 0 fully saturated rings. The first kappa shape index (κ1) is 14.6. The van der Waals surface area contributed by atoms with E-state index in [2.05, 4.69) is 11.9 Å². The molecule has 0 aliphatic carbocycles. The Bertz CT molecular complexity index is 376. The van der Waals surface area contributed by atoms with Crippen LogP contribution in [0.1, 0.15) is 38.7 Å². The number of pyridine rings is 1. The van der Waals surface area contributed by atoms with E-state index in [4.69, 9.17) is 4.74 Å². The Morgan fingerprint density at radius 1 is 1.50 bits per heavy atom. The summed E-state index contributed by atoms with van der Waals surface area (Å²) in [7, 11) is 1.35. The molecule has 1 heterocycles. The molecule has 0 radical (unpaired) electrons. The standard InChI is InChI=1S/C14H21NO3/c1-4-5-6-12(13(16)18-3)14(2,17)11-7-9-15-10-8-11/h7-10,12,17H,4-6H2,1-3H3. The molecular formula is C14H21NO3. The fraction of sp³-hybridized carbons (Fsp3) is 0.571. The van der Waals surface area contributed by atoms with Crippen molar-refractivity contribution in [2.75, 3.05) is 7.11 Å². The fourth-order valence-corrected chi connectivity index (χ4v) is 2.07. The van der Waals surface area contributed by atoms with E-state index in [0.717, 1.165) is 12.8 Å². The molecule has 1 aromatic rings. The smallest absolute Gasteiger partial charge is 0.311 e. The van der Waals surface area contributed by atoms with Crippen molar-refractivity contribution in [3.8, 4) is 0 Å². The number of aliphatic hydroxyl groups is 1. The molecule has 0 bridgehead atoms.